The minimum absolute atomic E-state index is 0. The molecule has 0 fully saturated rings. The number of ether oxygens (including phenoxy) is 1. The number of fused-ring (bicyclic) bond motifs is 1. The second-order valence-electron chi connectivity index (χ2n) is 6.27. The van der Waals surface area contributed by atoms with Gasteiger partial charge in [0.1, 0.15) is 5.75 Å². The molecule has 0 saturated heterocycles. The van der Waals surface area contributed by atoms with Gasteiger partial charge in [-0.25, -0.2) is 0 Å². The van der Waals surface area contributed by atoms with E-state index in [2.05, 4.69) is 64.1 Å². The van der Waals surface area contributed by atoms with Crippen molar-refractivity contribution in [3.63, 3.8) is 0 Å². The highest BCUT2D eigenvalue weighted by Gasteiger charge is 2.04. The molecule has 0 atom stereocenters. The molecule has 144 valence electrons. The molecular weight excluding hydrogens is 451 g/mol. The number of halogens is 1. The molecule has 5 nitrogen and oxygen atoms in total. The van der Waals surface area contributed by atoms with Crippen LogP contribution in [0.1, 0.15) is 16.7 Å². The van der Waals surface area contributed by atoms with Crippen LogP contribution in [-0.4, -0.2) is 31.6 Å². The summed E-state index contributed by atoms with van der Waals surface area (Å²) >= 11 is 0. The van der Waals surface area contributed by atoms with Crippen LogP contribution >= 0.6 is 24.0 Å². The lowest BCUT2D eigenvalue weighted by molar-refractivity contribution is 0.411. The third kappa shape index (κ3) is 5.38. The Kier molecular flexibility index (Phi) is 7.97. The molecule has 0 bridgehead atoms. The maximum Gasteiger partial charge on any atom is 0.191 e. The Balaban J connectivity index is 0.00000261. The molecule has 0 saturated carbocycles. The predicted octanol–water partition coefficient (Wildman–Crippen LogP) is 4.01. The number of aromatic amines is 1. The van der Waals surface area contributed by atoms with Crippen LogP contribution in [0.5, 0.6) is 5.75 Å². The minimum atomic E-state index is 0. The number of para-hydroxylation sites is 1. The molecule has 0 spiro atoms. The van der Waals surface area contributed by atoms with Gasteiger partial charge in [0.15, 0.2) is 5.96 Å². The van der Waals surface area contributed by atoms with Crippen molar-refractivity contribution in [1.29, 1.82) is 0 Å². The molecular formula is C21H27IN4O. The van der Waals surface area contributed by atoms with Crippen LogP contribution in [0, 0.1) is 6.92 Å². The number of aryl methyl sites for hydroxylation is 1. The molecule has 3 rings (SSSR count). The van der Waals surface area contributed by atoms with Crippen molar-refractivity contribution in [2.24, 2.45) is 4.99 Å². The lowest BCUT2D eigenvalue weighted by Crippen LogP contribution is -2.37. The van der Waals surface area contributed by atoms with E-state index in [9.17, 15) is 0 Å². The van der Waals surface area contributed by atoms with Crippen molar-refractivity contribution in [3.8, 4) is 5.75 Å². The third-order valence-corrected chi connectivity index (χ3v) is 4.50. The molecule has 1 heterocycles. The van der Waals surface area contributed by atoms with Crippen LogP contribution in [0.2, 0.25) is 0 Å². The first-order valence-electron chi connectivity index (χ1n) is 8.84. The van der Waals surface area contributed by atoms with Gasteiger partial charge in [-0.05, 0) is 42.2 Å². The fraction of sp³-hybridized carbons (Fsp3) is 0.286. The van der Waals surface area contributed by atoms with Crippen molar-refractivity contribution >= 4 is 40.8 Å². The Morgan fingerprint density at radius 1 is 1.15 bits per heavy atom. The first-order valence-corrected chi connectivity index (χ1v) is 8.84. The van der Waals surface area contributed by atoms with E-state index in [1.165, 1.54) is 22.0 Å². The molecule has 1 aromatic heterocycles. The summed E-state index contributed by atoms with van der Waals surface area (Å²) in [5.74, 6) is 1.72. The quantitative estimate of drug-likeness (QED) is 0.285. The van der Waals surface area contributed by atoms with Gasteiger partial charge in [0, 0.05) is 37.2 Å². The molecule has 6 heteroatoms. The first kappa shape index (κ1) is 21.1. The van der Waals surface area contributed by atoms with Crippen molar-refractivity contribution in [2.75, 3.05) is 20.7 Å². The van der Waals surface area contributed by atoms with Gasteiger partial charge in [-0.1, -0.05) is 30.3 Å². The summed E-state index contributed by atoms with van der Waals surface area (Å²) in [5.41, 5.74) is 4.83. The van der Waals surface area contributed by atoms with Crippen molar-refractivity contribution in [2.45, 2.75) is 19.9 Å². The maximum absolute atomic E-state index is 5.31. The zero-order valence-corrected chi connectivity index (χ0v) is 18.3. The summed E-state index contributed by atoms with van der Waals surface area (Å²) in [7, 11) is 3.49. The normalized spacial score (nSPS) is 11.1. The Hall–Kier alpha value is -2.22. The minimum Gasteiger partial charge on any atom is -0.496 e. The summed E-state index contributed by atoms with van der Waals surface area (Å²) in [5, 5.41) is 8.02. The third-order valence-electron chi connectivity index (χ3n) is 4.50. The first-order chi connectivity index (χ1) is 12.7. The number of benzene rings is 2. The van der Waals surface area contributed by atoms with Gasteiger partial charge in [-0.2, -0.15) is 0 Å². The molecule has 0 amide bonds. The number of aliphatic imine (C=N–C) groups is 1. The van der Waals surface area contributed by atoms with E-state index < -0.39 is 0 Å². The van der Waals surface area contributed by atoms with Crippen LogP contribution in [0.25, 0.3) is 10.9 Å². The average Bonchev–Trinajstić information content (AvgIpc) is 3.08. The molecule has 0 radical (unpaired) electrons. The van der Waals surface area contributed by atoms with Crippen molar-refractivity contribution in [3.05, 3.63) is 65.4 Å². The highest BCUT2D eigenvalue weighted by molar-refractivity contribution is 14.0. The van der Waals surface area contributed by atoms with E-state index >= 15 is 0 Å². The van der Waals surface area contributed by atoms with Gasteiger partial charge in [0.05, 0.1) is 7.11 Å². The van der Waals surface area contributed by atoms with Crippen LogP contribution in [0.15, 0.2) is 53.7 Å². The fourth-order valence-corrected chi connectivity index (χ4v) is 3.11. The van der Waals surface area contributed by atoms with Crippen LogP contribution in [0.3, 0.4) is 0 Å². The zero-order chi connectivity index (χ0) is 18.4. The molecule has 27 heavy (non-hydrogen) atoms. The van der Waals surface area contributed by atoms with Gasteiger partial charge < -0.3 is 20.4 Å². The number of nitrogens with zero attached hydrogens (tertiary/aromatic N) is 1. The molecule has 0 aliphatic rings. The van der Waals surface area contributed by atoms with E-state index in [1.54, 1.807) is 14.2 Å². The Labute approximate surface area is 177 Å². The van der Waals surface area contributed by atoms with E-state index in [-0.39, 0.29) is 24.0 Å². The van der Waals surface area contributed by atoms with Gasteiger partial charge in [0.2, 0.25) is 0 Å². The van der Waals surface area contributed by atoms with Crippen molar-refractivity contribution in [1.82, 2.24) is 15.6 Å². The monoisotopic (exact) mass is 478 g/mol. The molecule has 0 aliphatic carbocycles. The highest BCUT2D eigenvalue weighted by atomic mass is 127. The average molecular weight is 478 g/mol. The largest absolute Gasteiger partial charge is 0.496 e. The Morgan fingerprint density at radius 3 is 2.70 bits per heavy atom. The second-order valence-corrected chi connectivity index (χ2v) is 6.27. The van der Waals surface area contributed by atoms with Gasteiger partial charge >= 0.3 is 0 Å². The second kappa shape index (κ2) is 10.2. The number of methoxy groups -OCH3 is 1. The summed E-state index contributed by atoms with van der Waals surface area (Å²) in [6.45, 7) is 3.59. The standard InChI is InChI=1S/C21H26N4O.HI/c1-15-12-16(8-9-20(15)26-3)13-25-21(22-2)23-11-10-17-14-24-19-7-5-4-6-18(17)19;/h4-9,12,14,24H,10-11,13H2,1-3H3,(H2,22,23,25);1H. The zero-order valence-electron chi connectivity index (χ0n) is 16.0. The Morgan fingerprint density at radius 2 is 1.96 bits per heavy atom. The molecule has 0 aliphatic heterocycles. The predicted molar refractivity (Wildman–Crippen MR) is 123 cm³/mol. The maximum atomic E-state index is 5.31. The number of H-pyrrole nitrogens is 1. The smallest absolute Gasteiger partial charge is 0.191 e. The number of hydrogen-bond donors (Lipinski definition) is 3. The molecule has 0 unspecified atom stereocenters. The van der Waals surface area contributed by atoms with E-state index in [1.807, 2.05) is 12.1 Å². The number of guanidine groups is 1. The van der Waals surface area contributed by atoms with E-state index in [4.69, 9.17) is 4.74 Å². The fourth-order valence-electron chi connectivity index (χ4n) is 3.11. The molecule has 2 aromatic carbocycles. The van der Waals surface area contributed by atoms with Crippen LogP contribution < -0.4 is 15.4 Å². The van der Waals surface area contributed by atoms with Crippen molar-refractivity contribution < 1.29 is 4.74 Å². The Bertz CT molecular complexity index is 904. The number of nitrogens with one attached hydrogen (secondary N) is 3. The summed E-state index contributed by atoms with van der Waals surface area (Å²) in [6, 6.07) is 14.6. The van der Waals surface area contributed by atoms with Crippen LogP contribution in [-0.2, 0) is 13.0 Å². The lowest BCUT2D eigenvalue weighted by Gasteiger charge is -2.13. The molecule has 3 N–H and O–H groups in total. The van der Waals surface area contributed by atoms with Gasteiger partial charge in [-0.15, -0.1) is 24.0 Å². The van der Waals surface area contributed by atoms with Gasteiger partial charge in [0.25, 0.3) is 0 Å². The molecule has 3 aromatic rings. The van der Waals surface area contributed by atoms with E-state index in [0.29, 0.717) is 0 Å². The van der Waals surface area contributed by atoms with Crippen LogP contribution in [0.4, 0.5) is 0 Å². The lowest BCUT2D eigenvalue weighted by atomic mass is 10.1. The summed E-state index contributed by atoms with van der Waals surface area (Å²) in [6.07, 6.45) is 3.02. The summed E-state index contributed by atoms with van der Waals surface area (Å²) in [4.78, 5) is 7.62. The summed E-state index contributed by atoms with van der Waals surface area (Å²) < 4.78 is 5.31. The van der Waals surface area contributed by atoms with E-state index in [0.717, 1.165) is 36.8 Å². The number of aromatic nitrogens is 1. The number of rotatable bonds is 6. The SMILES string of the molecule is CN=C(NCCc1c[nH]c2ccccc12)NCc1ccc(OC)c(C)c1.I. The highest BCUT2D eigenvalue weighted by Crippen LogP contribution is 2.19. The van der Waals surface area contributed by atoms with Gasteiger partial charge in [-0.3, -0.25) is 4.99 Å². The number of hydrogen-bond acceptors (Lipinski definition) is 2. The topological polar surface area (TPSA) is 61.4 Å².